The van der Waals surface area contributed by atoms with Crippen LogP contribution in [0.3, 0.4) is 0 Å². The van der Waals surface area contributed by atoms with Crippen LogP contribution in [0.15, 0.2) is 59.4 Å². The SMILES string of the molecule is Cc1[nH]n(-c2ccccc2)c(=O)c1[C@@H](C[N+](=O)[O-])c1ccccc1Cl. The Balaban J connectivity index is 2.18. The number of nitro groups is 1. The quantitative estimate of drug-likeness (QED) is 0.560. The van der Waals surface area contributed by atoms with E-state index in [0.717, 1.165) is 0 Å². The summed E-state index contributed by atoms with van der Waals surface area (Å²) >= 11 is 6.24. The maximum Gasteiger partial charge on any atom is 0.275 e. The minimum absolute atomic E-state index is 0.310. The van der Waals surface area contributed by atoms with Crippen molar-refractivity contribution in [3.05, 3.63) is 96.9 Å². The number of nitrogens with zero attached hydrogens (tertiary/aromatic N) is 2. The third-order valence-corrected chi connectivity index (χ3v) is 4.44. The predicted octanol–water partition coefficient (Wildman–Crippen LogP) is 3.54. The molecule has 0 bridgehead atoms. The van der Waals surface area contributed by atoms with Gasteiger partial charge in [0.1, 0.15) is 0 Å². The van der Waals surface area contributed by atoms with Gasteiger partial charge in [-0.1, -0.05) is 48.0 Å². The second kappa shape index (κ2) is 6.94. The number of aryl methyl sites for hydroxylation is 1. The van der Waals surface area contributed by atoms with Gasteiger partial charge in [-0.15, -0.1) is 0 Å². The van der Waals surface area contributed by atoms with Gasteiger partial charge in [0.2, 0.25) is 6.54 Å². The van der Waals surface area contributed by atoms with Crippen LogP contribution in [-0.2, 0) is 0 Å². The summed E-state index contributed by atoms with van der Waals surface area (Å²) in [4.78, 5) is 23.8. The van der Waals surface area contributed by atoms with Crippen molar-refractivity contribution in [2.75, 3.05) is 6.54 Å². The van der Waals surface area contributed by atoms with Crippen LogP contribution in [0.25, 0.3) is 5.69 Å². The zero-order valence-corrected chi connectivity index (χ0v) is 14.2. The largest absolute Gasteiger partial charge is 0.295 e. The summed E-state index contributed by atoms with van der Waals surface area (Å²) in [6.07, 6.45) is 0. The number of para-hydroxylation sites is 1. The van der Waals surface area contributed by atoms with E-state index in [1.165, 1.54) is 4.68 Å². The lowest BCUT2D eigenvalue weighted by molar-refractivity contribution is -0.481. The lowest BCUT2D eigenvalue weighted by Crippen LogP contribution is -2.24. The molecule has 0 amide bonds. The van der Waals surface area contributed by atoms with Gasteiger partial charge in [0.15, 0.2) is 0 Å². The van der Waals surface area contributed by atoms with Gasteiger partial charge in [-0.05, 0) is 30.7 Å². The second-order valence-corrected chi connectivity index (χ2v) is 6.12. The van der Waals surface area contributed by atoms with Crippen LogP contribution < -0.4 is 5.56 Å². The Labute approximate surface area is 148 Å². The third-order valence-electron chi connectivity index (χ3n) is 4.09. The highest BCUT2D eigenvalue weighted by Gasteiger charge is 2.29. The molecule has 7 heteroatoms. The van der Waals surface area contributed by atoms with E-state index in [0.29, 0.717) is 27.5 Å². The van der Waals surface area contributed by atoms with Gasteiger partial charge in [0.05, 0.1) is 17.2 Å². The van der Waals surface area contributed by atoms with Crippen molar-refractivity contribution in [3.8, 4) is 5.69 Å². The Morgan fingerprint density at radius 2 is 1.80 bits per heavy atom. The maximum atomic E-state index is 13.0. The lowest BCUT2D eigenvalue weighted by atomic mass is 9.91. The topological polar surface area (TPSA) is 80.9 Å². The second-order valence-electron chi connectivity index (χ2n) is 5.72. The van der Waals surface area contributed by atoms with Crippen LogP contribution in [0.5, 0.6) is 0 Å². The molecule has 0 saturated carbocycles. The lowest BCUT2D eigenvalue weighted by Gasteiger charge is -2.13. The van der Waals surface area contributed by atoms with Crippen LogP contribution in [0.4, 0.5) is 0 Å². The van der Waals surface area contributed by atoms with E-state index in [9.17, 15) is 14.9 Å². The minimum atomic E-state index is -0.725. The van der Waals surface area contributed by atoms with Crippen LogP contribution >= 0.6 is 11.6 Å². The maximum absolute atomic E-state index is 13.0. The average molecular weight is 358 g/mol. The summed E-state index contributed by atoms with van der Waals surface area (Å²) in [6, 6.07) is 16.0. The van der Waals surface area contributed by atoms with Crippen molar-refractivity contribution in [2.45, 2.75) is 12.8 Å². The molecule has 3 aromatic rings. The summed E-state index contributed by atoms with van der Waals surface area (Å²) in [7, 11) is 0. The van der Waals surface area contributed by atoms with Crippen molar-refractivity contribution in [2.24, 2.45) is 0 Å². The highest BCUT2D eigenvalue weighted by Crippen LogP contribution is 2.30. The van der Waals surface area contributed by atoms with Crippen LogP contribution in [0, 0.1) is 17.0 Å². The van der Waals surface area contributed by atoms with Crippen LogP contribution in [0.1, 0.15) is 22.7 Å². The molecule has 0 unspecified atom stereocenters. The molecule has 1 heterocycles. The van der Waals surface area contributed by atoms with E-state index in [4.69, 9.17) is 11.6 Å². The monoisotopic (exact) mass is 357 g/mol. The highest BCUT2D eigenvalue weighted by atomic mass is 35.5. The zero-order valence-electron chi connectivity index (χ0n) is 13.5. The molecule has 6 nitrogen and oxygen atoms in total. The van der Waals surface area contributed by atoms with E-state index in [1.807, 2.05) is 18.2 Å². The fourth-order valence-electron chi connectivity index (χ4n) is 2.98. The number of benzene rings is 2. The molecule has 0 saturated heterocycles. The Morgan fingerprint density at radius 3 is 2.44 bits per heavy atom. The molecule has 0 radical (unpaired) electrons. The molecule has 25 heavy (non-hydrogen) atoms. The number of aromatic nitrogens is 2. The van der Waals surface area contributed by atoms with Gasteiger partial charge in [-0.25, -0.2) is 4.68 Å². The molecule has 0 aliphatic rings. The van der Waals surface area contributed by atoms with Crippen molar-refractivity contribution in [1.29, 1.82) is 0 Å². The number of nitrogens with one attached hydrogen (secondary N) is 1. The van der Waals surface area contributed by atoms with Crippen molar-refractivity contribution < 1.29 is 4.92 Å². The molecule has 1 aromatic heterocycles. The summed E-state index contributed by atoms with van der Waals surface area (Å²) in [5.41, 5.74) is 1.87. The van der Waals surface area contributed by atoms with Gasteiger partial charge in [0, 0.05) is 15.6 Å². The minimum Gasteiger partial charge on any atom is -0.295 e. The fraction of sp³-hybridized carbons (Fsp3) is 0.167. The third kappa shape index (κ3) is 3.34. The molecule has 1 atom stereocenters. The summed E-state index contributed by atoms with van der Waals surface area (Å²) in [5, 5.41) is 14.6. The molecule has 128 valence electrons. The van der Waals surface area contributed by atoms with Crippen LogP contribution in [-0.4, -0.2) is 21.2 Å². The predicted molar refractivity (Wildman–Crippen MR) is 96.3 cm³/mol. The molecule has 1 N–H and O–H groups in total. The van der Waals surface area contributed by atoms with E-state index >= 15 is 0 Å². The summed E-state index contributed by atoms with van der Waals surface area (Å²) in [5.74, 6) is -0.725. The number of H-pyrrole nitrogens is 1. The number of rotatable bonds is 5. The number of aromatic amines is 1. The average Bonchev–Trinajstić information content (AvgIpc) is 2.89. The Morgan fingerprint density at radius 1 is 1.16 bits per heavy atom. The van der Waals surface area contributed by atoms with Gasteiger partial charge in [-0.2, -0.15) is 0 Å². The van der Waals surface area contributed by atoms with Gasteiger partial charge >= 0.3 is 0 Å². The first-order chi connectivity index (χ1) is 12.0. The molecule has 0 aliphatic carbocycles. The van der Waals surface area contributed by atoms with Crippen molar-refractivity contribution in [1.82, 2.24) is 9.78 Å². The number of halogens is 1. The summed E-state index contributed by atoms with van der Waals surface area (Å²) in [6.45, 7) is 1.33. The van der Waals surface area contributed by atoms with Gasteiger partial charge in [-0.3, -0.25) is 20.0 Å². The molecular weight excluding hydrogens is 342 g/mol. The Bertz CT molecular complexity index is 963. The van der Waals surface area contributed by atoms with Gasteiger partial charge < -0.3 is 0 Å². The van der Waals surface area contributed by atoms with E-state index in [1.54, 1.807) is 43.3 Å². The first kappa shape index (κ1) is 17.0. The molecule has 3 rings (SSSR count). The standard InChI is InChI=1S/C18H16ClN3O3/c1-12-17(18(23)22(20-12)13-7-3-2-4-8-13)15(11-21(24)25)14-9-5-6-10-16(14)19/h2-10,15,20H,11H2,1H3/t15-/m0/s1. The Hall–Kier alpha value is -2.86. The molecule has 2 aromatic carbocycles. The van der Waals surface area contributed by atoms with E-state index in [-0.39, 0.29) is 5.56 Å². The van der Waals surface area contributed by atoms with E-state index in [2.05, 4.69) is 5.10 Å². The highest BCUT2D eigenvalue weighted by molar-refractivity contribution is 6.31. The smallest absolute Gasteiger partial charge is 0.275 e. The molecule has 0 aliphatic heterocycles. The summed E-state index contributed by atoms with van der Waals surface area (Å²) < 4.78 is 1.40. The number of hydrogen-bond acceptors (Lipinski definition) is 3. The Kier molecular flexibility index (Phi) is 4.72. The zero-order chi connectivity index (χ0) is 18.0. The van der Waals surface area contributed by atoms with Crippen molar-refractivity contribution in [3.63, 3.8) is 0 Å². The first-order valence-corrected chi connectivity index (χ1v) is 8.10. The number of hydrogen-bond donors (Lipinski definition) is 1. The van der Waals surface area contributed by atoms with Crippen molar-refractivity contribution >= 4 is 11.6 Å². The molecular formula is C18H16ClN3O3. The van der Waals surface area contributed by atoms with E-state index < -0.39 is 17.4 Å². The normalized spacial score (nSPS) is 12.1. The molecule has 0 fully saturated rings. The van der Waals surface area contributed by atoms with Gasteiger partial charge in [0.25, 0.3) is 5.56 Å². The molecule has 0 spiro atoms. The fourth-order valence-corrected chi connectivity index (χ4v) is 3.25. The van der Waals surface area contributed by atoms with Crippen LogP contribution in [0.2, 0.25) is 5.02 Å². The first-order valence-electron chi connectivity index (χ1n) is 7.72.